The lowest BCUT2D eigenvalue weighted by atomic mass is 10.1. The summed E-state index contributed by atoms with van der Waals surface area (Å²) in [6.07, 6.45) is 0. The molecule has 6 heteroatoms. The van der Waals surface area contributed by atoms with Crippen LogP contribution in [0.3, 0.4) is 0 Å². The highest BCUT2D eigenvalue weighted by molar-refractivity contribution is 6.30. The fraction of sp³-hybridized carbons (Fsp3) is 0.273. The first-order valence-corrected chi connectivity index (χ1v) is 9.33. The Morgan fingerprint density at radius 2 is 1.82 bits per heavy atom. The molecular weight excluding hydrogens is 376 g/mol. The molecule has 0 bridgehead atoms. The van der Waals surface area contributed by atoms with Gasteiger partial charge in [-0.2, -0.15) is 0 Å². The maximum absolute atomic E-state index is 12.6. The standard InChI is InChI=1S/C22H23ClN2O3/c1-15-4-9-20-17(10-15)11-18(22(23)24-20)13-25(21(26)14-27-2)12-16-5-7-19(28-3)8-6-16/h4-11H,12-14H2,1-3H3. The molecule has 0 aliphatic carbocycles. The SMILES string of the molecule is COCC(=O)N(Cc1ccc(OC)cc1)Cc1cc2cc(C)ccc2nc1Cl. The minimum Gasteiger partial charge on any atom is -0.497 e. The largest absolute Gasteiger partial charge is 0.497 e. The molecule has 1 amide bonds. The van der Waals surface area contributed by atoms with Crippen molar-refractivity contribution in [3.05, 3.63) is 70.4 Å². The highest BCUT2D eigenvalue weighted by Gasteiger charge is 2.17. The zero-order valence-corrected chi connectivity index (χ0v) is 17.0. The molecule has 0 spiro atoms. The molecule has 0 aliphatic heterocycles. The summed E-state index contributed by atoms with van der Waals surface area (Å²) in [6.45, 7) is 2.83. The number of carbonyl (C=O) groups is 1. The van der Waals surface area contributed by atoms with E-state index < -0.39 is 0 Å². The Bertz CT molecular complexity index is 973. The zero-order chi connectivity index (χ0) is 20.1. The molecule has 1 heterocycles. The molecule has 0 fully saturated rings. The summed E-state index contributed by atoms with van der Waals surface area (Å²) >= 11 is 6.41. The van der Waals surface area contributed by atoms with Gasteiger partial charge in [-0.05, 0) is 42.8 Å². The van der Waals surface area contributed by atoms with Gasteiger partial charge < -0.3 is 14.4 Å². The van der Waals surface area contributed by atoms with Crippen LogP contribution < -0.4 is 4.74 Å². The fourth-order valence-electron chi connectivity index (χ4n) is 3.03. The number of amides is 1. The topological polar surface area (TPSA) is 51.7 Å². The van der Waals surface area contributed by atoms with Gasteiger partial charge in [-0.3, -0.25) is 4.79 Å². The molecule has 5 nitrogen and oxygen atoms in total. The van der Waals surface area contributed by atoms with Gasteiger partial charge in [0.25, 0.3) is 0 Å². The van der Waals surface area contributed by atoms with Crippen LogP contribution in [0.4, 0.5) is 0 Å². The fourth-order valence-corrected chi connectivity index (χ4v) is 3.24. The number of rotatable bonds is 7. The van der Waals surface area contributed by atoms with E-state index in [9.17, 15) is 4.79 Å². The number of pyridine rings is 1. The third-order valence-electron chi connectivity index (χ3n) is 4.51. The molecule has 28 heavy (non-hydrogen) atoms. The molecule has 3 rings (SSSR count). The number of ether oxygens (including phenoxy) is 2. The van der Waals surface area contributed by atoms with Crippen LogP contribution in [-0.2, 0) is 22.6 Å². The van der Waals surface area contributed by atoms with Crippen molar-refractivity contribution in [3.63, 3.8) is 0 Å². The minimum absolute atomic E-state index is 0.00783. The van der Waals surface area contributed by atoms with Crippen molar-refractivity contribution in [2.75, 3.05) is 20.8 Å². The summed E-state index contributed by atoms with van der Waals surface area (Å²) in [6, 6.07) is 15.6. The van der Waals surface area contributed by atoms with Crippen molar-refractivity contribution < 1.29 is 14.3 Å². The first-order chi connectivity index (χ1) is 13.5. The Labute approximate surface area is 169 Å². The van der Waals surface area contributed by atoms with Gasteiger partial charge in [0.2, 0.25) is 5.91 Å². The first-order valence-electron chi connectivity index (χ1n) is 8.95. The molecule has 2 aromatic carbocycles. The number of fused-ring (bicyclic) bond motifs is 1. The Balaban J connectivity index is 1.88. The van der Waals surface area contributed by atoms with Crippen molar-refractivity contribution in [1.29, 1.82) is 0 Å². The quantitative estimate of drug-likeness (QED) is 0.554. The normalized spacial score (nSPS) is 10.9. The predicted molar refractivity (Wildman–Crippen MR) is 111 cm³/mol. The van der Waals surface area contributed by atoms with Gasteiger partial charge >= 0.3 is 0 Å². The third kappa shape index (κ3) is 4.80. The van der Waals surface area contributed by atoms with Crippen molar-refractivity contribution in [3.8, 4) is 5.75 Å². The van der Waals surface area contributed by atoms with Gasteiger partial charge in [-0.1, -0.05) is 35.4 Å². The number of aromatic nitrogens is 1. The van der Waals surface area contributed by atoms with Gasteiger partial charge in [0.05, 0.1) is 12.6 Å². The van der Waals surface area contributed by atoms with Crippen LogP contribution in [0.2, 0.25) is 5.15 Å². The van der Waals surface area contributed by atoms with Gasteiger partial charge in [-0.25, -0.2) is 4.98 Å². The Kier molecular flexibility index (Phi) is 6.49. The average molecular weight is 399 g/mol. The highest BCUT2D eigenvalue weighted by Crippen LogP contribution is 2.24. The summed E-state index contributed by atoms with van der Waals surface area (Å²) < 4.78 is 10.2. The molecule has 146 valence electrons. The molecule has 0 saturated heterocycles. The smallest absolute Gasteiger partial charge is 0.249 e. The van der Waals surface area contributed by atoms with Crippen LogP contribution >= 0.6 is 11.6 Å². The maximum atomic E-state index is 12.6. The Hall–Kier alpha value is -2.63. The second kappa shape index (κ2) is 9.04. The van der Waals surface area contributed by atoms with Crippen LogP contribution in [0.1, 0.15) is 16.7 Å². The van der Waals surface area contributed by atoms with E-state index in [0.717, 1.165) is 33.3 Å². The second-order valence-electron chi connectivity index (χ2n) is 6.67. The van der Waals surface area contributed by atoms with Crippen LogP contribution in [0.15, 0.2) is 48.5 Å². The molecule has 0 atom stereocenters. The van der Waals surface area contributed by atoms with Crippen molar-refractivity contribution >= 4 is 28.4 Å². The number of aryl methyl sites for hydroxylation is 1. The molecule has 0 aliphatic rings. The minimum atomic E-state index is -0.112. The lowest BCUT2D eigenvalue weighted by Crippen LogP contribution is -2.33. The lowest BCUT2D eigenvalue weighted by molar-refractivity contribution is -0.136. The van der Waals surface area contributed by atoms with E-state index in [4.69, 9.17) is 21.1 Å². The number of halogens is 1. The number of benzene rings is 2. The van der Waals surface area contributed by atoms with Crippen LogP contribution in [0.5, 0.6) is 5.75 Å². The monoisotopic (exact) mass is 398 g/mol. The summed E-state index contributed by atoms with van der Waals surface area (Å²) in [7, 11) is 3.14. The van der Waals surface area contributed by atoms with Gasteiger partial charge in [0.1, 0.15) is 17.5 Å². The summed E-state index contributed by atoms with van der Waals surface area (Å²) in [4.78, 5) is 18.8. The average Bonchev–Trinajstić information content (AvgIpc) is 2.69. The lowest BCUT2D eigenvalue weighted by Gasteiger charge is -2.23. The van der Waals surface area contributed by atoms with Gasteiger partial charge in [-0.15, -0.1) is 0 Å². The number of carbonyl (C=O) groups excluding carboxylic acids is 1. The Morgan fingerprint density at radius 1 is 1.07 bits per heavy atom. The van der Waals surface area contributed by atoms with Gasteiger partial charge in [0.15, 0.2) is 0 Å². The van der Waals surface area contributed by atoms with Crippen molar-refractivity contribution in [1.82, 2.24) is 9.88 Å². The van der Waals surface area contributed by atoms with Gasteiger partial charge in [0, 0.05) is 31.1 Å². The van der Waals surface area contributed by atoms with E-state index in [-0.39, 0.29) is 12.5 Å². The van der Waals surface area contributed by atoms with Crippen LogP contribution in [-0.4, -0.2) is 36.6 Å². The third-order valence-corrected chi connectivity index (χ3v) is 4.84. The van der Waals surface area contributed by atoms with E-state index >= 15 is 0 Å². The predicted octanol–water partition coefficient (Wildman–Crippen LogP) is 4.38. The molecule has 0 saturated carbocycles. The van der Waals surface area contributed by atoms with E-state index in [2.05, 4.69) is 11.1 Å². The van der Waals surface area contributed by atoms with Crippen molar-refractivity contribution in [2.45, 2.75) is 20.0 Å². The summed E-state index contributed by atoms with van der Waals surface area (Å²) in [5.74, 6) is 0.661. The Morgan fingerprint density at radius 3 is 2.50 bits per heavy atom. The number of nitrogens with zero attached hydrogens (tertiary/aromatic N) is 2. The second-order valence-corrected chi connectivity index (χ2v) is 7.02. The van der Waals surface area contributed by atoms with Crippen LogP contribution in [0, 0.1) is 6.92 Å². The first kappa shape index (κ1) is 20.1. The number of hydrogen-bond acceptors (Lipinski definition) is 4. The van der Waals surface area contributed by atoms with Crippen molar-refractivity contribution in [2.24, 2.45) is 0 Å². The van der Waals surface area contributed by atoms with E-state index in [1.54, 1.807) is 12.0 Å². The molecule has 0 N–H and O–H groups in total. The van der Waals surface area contributed by atoms with E-state index in [0.29, 0.717) is 18.2 Å². The highest BCUT2D eigenvalue weighted by atomic mass is 35.5. The summed E-state index contributed by atoms with van der Waals surface area (Å²) in [5, 5.41) is 1.41. The molecule has 0 radical (unpaired) electrons. The molecule has 3 aromatic rings. The maximum Gasteiger partial charge on any atom is 0.249 e. The summed E-state index contributed by atoms with van der Waals surface area (Å²) in [5.41, 5.74) is 3.78. The number of methoxy groups -OCH3 is 2. The van der Waals surface area contributed by atoms with E-state index in [1.807, 2.05) is 49.4 Å². The number of hydrogen-bond donors (Lipinski definition) is 0. The molecular formula is C22H23ClN2O3. The molecule has 0 unspecified atom stereocenters. The van der Waals surface area contributed by atoms with E-state index in [1.165, 1.54) is 7.11 Å². The zero-order valence-electron chi connectivity index (χ0n) is 16.2. The molecule has 1 aromatic heterocycles. The van der Waals surface area contributed by atoms with Crippen LogP contribution in [0.25, 0.3) is 10.9 Å².